The summed E-state index contributed by atoms with van der Waals surface area (Å²) in [5, 5.41) is 16.6. The fourth-order valence-corrected chi connectivity index (χ4v) is 1.67. The Bertz CT molecular complexity index is 603. The van der Waals surface area contributed by atoms with Crippen molar-refractivity contribution >= 4 is 5.91 Å². The van der Waals surface area contributed by atoms with Crippen LogP contribution in [0.4, 0.5) is 0 Å². The average molecular weight is 288 g/mol. The van der Waals surface area contributed by atoms with E-state index in [0.29, 0.717) is 5.76 Å². The van der Waals surface area contributed by atoms with Crippen LogP contribution >= 0.6 is 0 Å². The Morgan fingerprint density at radius 1 is 1.38 bits per heavy atom. The lowest BCUT2D eigenvalue weighted by Crippen LogP contribution is -2.44. The Morgan fingerprint density at radius 3 is 2.67 bits per heavy atom. The molecule has 1 unspecified atom stereocenters. The molecule has 0 aliphatic rings. The molecule has 0 spiro atoms. The lowest BCUT2D eigenvalue weighted by Gasteiger charge is -2.27. The summed E-state index contributed by atoms with van der Waals surface area (Å²) >= 11 is 0. The summed E-state index contributed by atoms with van der Waals surface area (Å²) in [6.45, 7) is 5.65. The van der Waals surface area contributed by atoms with Gasteiger partial charge in [-0.3, -0.25) is 4.79 Å². The molecule has 2 aromatic rings. The molecular weight excluding hydrogens is 268 g/mol. The van der Waals surface area contributed by atoms with Crippen LogP contribution < -0.4 is 5.32 Å². The van der Waals surface area contributed by atoms with Crippen LogP contribution in [0.15, 0.2) is 40.9 Å². The largest absolute Gasteiger partial charge is 0.388 e. The van der Waals surface area contributed by atoms with Gasteiger partial charge in [-0.2, -0.15) is 0 Å². The van der Waals surface area contributed by atoms with Gasteiger partial charge in [-0.05, 0) is 12.8 Å². The third-order valence-corrected chi connectivity index (χ3v) is 3.65. The number of hydrogen-bond donors (Lipinski definition) is 2. The standard InChI is InChI=1S/C16H20N2O3/c1-11(2)16(3,20)10-17-15(19)13-9-14(21-18-13)12-7-5-4-6-8-12/h4-9,11,20H,10H2,1-3H3,(H,17,19). The minimum Gasteiger partial charge on any atom is -0.388 e. The summed E-state index contributed by atoms with van der Waals surface area (Å²) in [4.78, 5) is 12.0. The number of rotatable bonds is 5. The van der Waals surface area contributed by atoms with Gasteiger partial charge in [-0.25, -0.2) is 0 Å². The van der Waals surface area contributed by atoms with E-state index < -0.39 is 5.60 Å². The van der Waals surface area contributed by atoms with Gasteiger partial charge in [0, 0.05) is 18.2 Å². The first-order valence-electron chi connectivity index (χ1n) is 6.93. The van der Waals surface area contributed by atoms with E-state index in [0.717, 1.165) is 5.56 Å². The lowest BCUT2D eigenvalue weighted by atomic mass is 9.92. The van der Waals surface area contributed by atoms with Crippen LogP contribution in [0, 0.1) is 5.92 Å². The Balaban J connectivity index is 2.03. The van der Waals surface area contributed by atoms with E-state index in [1.165, 1.54) is 0 Å². The number of nitrogens with one attached hydrogen (secondary N) is 1. The number of carbonyl (C=O) groups excluding carboxylic acids is 1. The molecule has 0 saturated heterocycles. The van der Waals surface area contributed by atoms with Crippen molar-refractivity contribution in [1.82, 2.24) is 10.5 Å². The average Bonchev–Trinajstić information content (AvgIpc) is 2.95. The molecule has 1 aromatic heterocycles. The van der Waals surface area contributed by atoms with E-state index in [1.54, 1.807) is 13.0 Å². The molecule has 21 heavy (non-hydrogen) atoms. The predicted molar refractivity (Wildman–Crippen MR) is 79.7 cm³/mol. The quantitative estimate of drug-likeness (QED) is 0.886. The first-order chi connectivity index (χ1) is 9.90. The van der Waals surface area contributed by atoms with Gasteiger partial charge in [0.1, 0.15) is 0 Å². The topological polar surface area (TPSA) is 75.4 Å². The van der Waals surface area contributed by atoms with Crippen molar-refractivity contribution in [2.75, 3.05) is 6.54 Å². The molecular formula is C16H20N2O3. The van der Waals surface area contributed by atoms with Crippen molar-refractivity contribution in [2.45, 2.75) is 26.4 Å². The van der Waals surface area contributed by atoms with Crippen LogP contribution in [0.3, 0.4) is 0 Å². The molecule has 0 bridgehead atoms. The SMILES string of the molecule is CC(C)C(C)(O)CNC(=O)c1cc(-c2ccccc2)on1. The third kappa shape index (κ3) is 3.70. The molecule has 5 nitrogen and oxygen atoms in total. The van der Waals surface area contributed by atoms with Gasteiger partial charge in [0.2, 0.25) is 0 Å². The first kappa shape index (κ1) is 15.3. The van der Waals surface area contributed by atoms with Crippen molar-refractivity contribution < 1.29 is 14.4 Å². The van der Waals surface area contributed by atoms with E-state index in [4.69, 9.17) is 4.52 Å². The Morgan fingerprint density at radius 2 is 2.05 bits per heavy atom. The molecule has 2 rings (SSSR count). The predicted octanol–water partition coefficient (Wildman–Crippen LogP) is 2.48. The van der Waals surface area contributed by atoms with Crippen molar-refractivity contribution in [1.29, 1.82) is 0 Å². The van der Waals surface area contributed by atoms with E-state index in [-0.39, 0.29) is 24.1 Å². The number of aliphatic hydroxyl groups is 1. The molecule has 2 N–H and O–H groups in total. The van der Waals surface area contributed by atoms with Crippen LogP contribution in [0.2, 0.25) is 0 Å². The van der Waals surface area contributed by atoms with Gasteiger partial charge >= 0.3 is 0 Å². The van der Waals surface area contributed by atoms with Gasteiger partial charge in [-0.1, -0.05) is 49.3 Å². The second-order valence-electron chi connectivity index (χ2n) is 5.64. The fourth-order valence-electron chi connectivity index (χ4n) is 1.67. The number of nitrogens with zero attached hydrogens (tertiary/aromatic N) is 1. The second kappa shape index (κ2) is 6.10. The zero-order valence-corrected chi connectivity index (χ0v) is 12.5. The number of aromatic nitrogens is 1. The molecule has 112 valence electrons. The zero-order valence-electron chi connectivity index (χ0n) is 12.5. The van der Waals surface area contributed by atoms with E-state index in [9.17, 15) is 9.90 Å². The van der Waals surface area contributed by atoms with Crippen LogP contribution in [0.25, 0.3) is 11.3 Å². The van der Waals surface area contributed by atoms with E-state index >= 15 is 0 Å². The van der Waals surface area contributed by atoms with Gasteiger partial charge in [-0.15, -0.1) is 0 Å². The maximum atomic E-state index is 12.0. The van der Waals surface area contributed by atoms with Crippen molar-refractivity contribution in [3.8, 4) is 11.3 Å². The lowest BCUT2D eigenvalue weighted by molar-refractivity contribution is 0.0141. The summed E-state index contributed by atoms with van der Waals surface area (Å²) in [5.74, 6) is 0.216. The normalized spacial score (nSPS) is 14.0. The Kier molecular flexibility index (Phi) is 4.43. The molecule has 1 atom stereocenters. The van der Waals surface area contributed by atoms with E-state index in [1.807, 2.05) is 44.2 Å². The monoisotopic (exact) mass is 288 g/mol. The number of amides is 1. The summed E-state index contributed by atoms with van der Waals surface area (Å²) < 4.78 is 5.18. The Hall–Kier alpha value is -2.14. The van der Waals surface area contributed by atoms with Crippen molar-refractivity contribution in [3.63, 3.8) is 0 Å². The summed E-state index contributed by atoms with van der Waals surface area (Å²) in [6, 6.07) is 11.0. The second-order valence-corrected chi connectivity index (χ2v) is 5.64. The molecule has 5 heteroatoms. The molecule has 0 aliphatic heterocycles. The van der Waals surface area contributed by atoms with Crippen LogP contribution in [0.1, 0.15) is 31.3 Å². The minimum absolute atomic E-state index is 0.0370. The summed E-state index contributed by atoms with van der Waals surface area (Å²) in [7, 11) is 0. The molecule has 0 radical (unpaired) electrons. The smallest absolute Gasteiger partial charge is 0.273 e. The van der Waals surface area contributed by atoms with Gasteiger partial charge < -0.3 is 14.9 Å². The van der Waals surface area contributed by atoms with Crippen LogP contribution in [0.5, 0.6) is 0 Å². The fraction of sp³-hybridized carbons (Fsp3) is 0.375. The molecule has 1 heterocycles. The highest BCUT2D eigenvalue weighted by Crippen LogP contribution is 2.20. The molecule has 1 amide bonds. The number of carbonyl (C=O) groups is 1. The third-order valence-electron chi connectivity index (χ3n) is 3.65. The molecule has 1 aromatic carbocycles. The first-order valence-corrected chi connectivity index (χ1v) is 6.93. The number of benzene rings is 1. The zero-order chi connectivity index (χ0) is 15.5. The minimum atomic E-state index is -0.957. The van der Waals surface area contributed by atoms with Gasteiger partial charge in [0.05, 0.1) is 5.60 Å². The van der Waals surface area contributed by atoms with Crippen molar-refractivity contribution in [3.05, 3.63) is 42.1 Å². The highest BCUT2D eigenvalue weighted by atomic mass is 16.5. The highest BCUT2D eigenvalue weighted by molar-refractivity contribution is 5.93. The Labute approximate surface area is 124 Å². The van der Waals surface area contributed by atoms with Crippen LogP contribution in [-0.4, -0.2) is 28.3 Å². The molecule has 0 saturated carbocycles. The van der Waals surface area contributed by atoms with Gasteiger partial charge in [0.25, 0.3) is 5.91 Å². The van der Waals surface area contributed by atoms with E-state index in [2.05, 4.69) is 10.5 Å². The van der Waals surface area contributed by atoms with Crippen LogP contribution in [-0.2, 0) is 0 Å². The highest BCUT2D eigenvalue weighted by Gasteiger charge is 2.26. The van der Waals surface area contributed by atoms with Crippen molar-refractivity contribution in [2.24, 2.45) is 5.92 Å². The van der Waals surface area contributed by atoms with Gasteiger partial charge in [0.15, 0.2) is 11.5 Å². The molecule has 0 fully saturated rings. The summed E-state index contributed by atoms with van der Waals surface area (Å²) in [5.41, 5.74) is 0.105. The maximum absolute atomic E-state index is 12.0. The maximum Gasteiger partial charge on any atom is 0.273 e. The number of hydrogen-bond acceptors (Lipinski definition) is 4. The molecule has 0 aliphatic carbocycles. The summed E-state index contributed by atoms with van der Waals surface area (Å²) in [6.07, 6.45) is 0.